The Balaban J connectivity index is 2.03. The zero-order chi connectivity index (χ0) is 10.1. The third-order valence-corrected chi connectivity index (χ3v) is 2.50. The summed E-state index contributed by atoms with van der Waals surface area (Å²) >= 11 is 1.77. The van der Waals surface area contributed by atoms with Crippen molar-refractivity contribution in [3.05, 3.63) is 30.1 Å². The van der Waals surface area contributed by atoms with E-state index in [0.717, 1.165) is 30.3 Å². The fraction of sp³-hybridized carbons (Fsp3) is 0.364. The number of thioether (sulfide) groups is 1. The van der Waals surface area contributed by atoms with Crippen LogP contribution in [0, 0.1) is 12.3 Å². The number of rotatable bonds is 6. The molecular weight excluding hydrogens is 192 g/mol. The van der Waals surface area contributed by atoms with Crippen molar-refractivity contribution in [2.75, 3.05) is 18.1 Å². The number of hydrogen-bond acceptors (Lipinski definition) is 3. The van der Waals surface area contributed by atoms with Gasteiger partial charge in [0.1, 0.15) is 0 Å². The predicted molar refractivity (Wildman–Crippen MR) is 62.1 cm³/mol. The second kappa shape index (κ2) is 7.43. The number of aromatic nitrogens is 1. The minimum absolute atomic E-state index is 0.797. The molecule has 0 aliphatic rings. The van der Waals surface area contributed by atoms with Gasteiger partial charge in [-0.15, -0.1) is 18.2 Å². The molecule has 1 N–H and O–H groups in total. The monoisotopic (exact) mass is 206 g/mol. The maximum atomic E-state index is 5.13. The van der Waals surface area contributed by atoms with E-state index >= 15 is 0 Å². The standard InChI is InChI=1S/C11H14N2S/c1-2-8-14-9-7-12-10-11-5-3-4-6-13-11/h1,3-6,12H,7-10H2. The first-order valence-electron chi connectivity index (χ1n) is 4.55. The van der Waals surface area contributed by atoms with E-state index in [0.29, 0.717) is 0 Å². The highest BCUT2D eigenvalue weighted by Gasteiger charge is 1.91. The molecule has 0 atom stereocenters. The van der Waals surface area contributed by atoms with E-state index in [-0.39, 0.29) is 0 Å². The first kappa shape index (κ1) is 11.1. The summed E-state index contributed by atoms with van der Waals surface area (Å²) in [6, 6.07) is 5.94. The molecule has 1 aromatic heterocycles. The van der Waals surface area contributed by atoms with E-state index in [1.807, 2.05) is 24.4 Å². The van der Waals surface area contributed by atoms with Crippen LogP contribution in [0.5, 0.6) is 0 Å². The highest BCUT2D eigenvalue weighted by Crippen LogP contribution is 1.96. The van der Waals surface area contributed by atoms with Crippen molar-refractivity contribution < 1.29 is 0 Å². The quantitative estimate of drug-likeness (QED) is 0.564. The summed E-state index contributed by atoms with van der Waals surface area (Å²) in [5.74, 6) is 4.45. The highest BCUT2D eigenvalue weighted by molar-refractivity contribution is 7.99. The summed E-state index contributed by atoms with van der Waals surface area (Å²) in [4.78, 5) is 4.21. The lowest BCUT2D eigenvalue weighted by molar-refractivity contribution is 0.715. The molecule has 0 radical (unpaired) electrons. The van der Waals surface area contributed by atoms with Gasteiger partial charge in [0.2, 0.25) is 0 Å². The van der Waals surface area contributed by atoms with Crippen molar-refractivity contribution in [3.63, 3.8) is 0 Å². The van der Waals surface area contributed by atoms with Crippen molar-refractivity contribution in [2.45, 2.75) is 6.54 Å². The molecule has 0 spiro atoms. The van der Waals surface area contributed by atoms with Gasteiger partial charge in [0.25, 0.3) is 0 Å². The van der Waals surface area contributed by atoms with Gasteiger partial charge in [0, 0.05) is 25.0 Å². The molecule has 0 amide bonds. The fourth-order valence-corrected chi connectivity index (χ4v) is 1.55. The Bertz CT molecular complexity index is 279. The van der Waals surface area contributed by atoms with Crippen LogP contribution in [0.2, 0.25) is 0 Å². The van der Waals surface area contributed by atoms with E-state index in [9.17, 15) is 0 Å². The first-order chi connectivity index (χ1) is 6.93. The predicted octanol–water partition coefficient (Wildman–Crippen LogP) is 1.54. The molecule has 0 bridgehead atoms. The lowest BCUT2D eigenvalue weighted by Gasteiger charge is -2.02. The summed E-state index contributed by atoms with van der Waals surface area (Å²) in [5.41, 5.74) is 1.08. The maximum Gasteiger partial charge on any atom is 0.0545 e. The largest absolute Gasteiger partial charge is 0.310 e. The molecule has 0 saturated carbocycles. The van der Waals surface area contributed by atoms with Crippen molar-refractivity contribution in [3.8, 4) is 12.3 Å². The van der Waals surface area contributed by atoms with E-state index in [1.54, 1.807) is 11.8 Å². The lowest BCUT2D eigenvalue weighted by Crippen LogP contribution is -2.17. The van der Waals surface area contributed by atoms with Crippen molar-refractivity contribution >= 4 is 11.8 Å². The second-order valence-corrected chi connectivity index (χ2v) is 3.86. The minimum Gasteiger partial charge on any atom is -0.310 e. The van der Waals surface area contributed by atoms with Crippen LogP contribution in [0.25, 0.3) is 0 Å². The molecule has 0 saturated heterocycles. The molecule has 1 rings (SSSR count). The molecule has 1 aromatic rings. The van der Waals surface area contributed by atoms with Crippen LogP contribution >= 0.6 is 11.8 Å². The molecule has 74 valence electrons. The van der Waals surface area contributed by atoms with Crippen LogP contribution in [0.15, 0.2) is 24.4 Å². The van der Waals surface area contributed by atoms with Crippen LogP contribution < -0.4 is 5.32 Å². The molecule has 2 nitrogen and oxygen atoms in total. The third kappa shape index (κ3) is 4.90. The topological polar surface area (TPSA) is 24.9 Å². The lowest BCUT2D eigenvalue weighted by atomic mass is 10.3. The molecule has 3 heteroatoms. The Morgan fingerprint density at radius 3 is 3.14 bits per heavy atom. The Labute approximate surface area is 89.5 Å². The van der Waals surface area contributed by atoms with Gasteiger partial charge in [-0.2, -0.15) is 0 Å². The third-order valence-electron chi connectivity index (χ3n) is 1.64. The maximum absolute atomic E-state index is 5.13. The Morgan fingerprint density at radius 1 is 1.50 bits per heavy atom. The summed E-state index contributed by atoms with van der Waals surface area (Å²) in [7, 11) is 0. The summed E-state index contributed by atoms with van der Waals surface area (Å²) in [6.45, 7) is 1.81. The van der Waals surface area contributed by atoms with Gasteiger partial charge in [0.05, 0.1) is 11.4 Å². The highest BCUT2D eigenvalue weighted by atomic mass is 32.2. The normalized spacial score (nSPS) is 9.64. The van der Waals surface area contributed by atoms with Gasteiger partial charge in [0.15, 0.2) is 0 Å². The van der Waals surface area contributed by atoms with Crippen molar-refractivity contribution in [1.82, 2.24) is 10.3 Å². The number of hydrogen-bond donors (Lipinski definition) is 1. The van der Waals surface area contributed by atoms with Crippen LogP contribution in [0.1, 0.15) is 5.69 Å². The summed E-state index contributed by atoms with van der Waals surface area (Å²) < 4.78 is 0. The van der Waals surface area contributed by atoms with Crippen molar-refractivity contribution in [1.29, 1.82) is 0 Å². The SMILES string of the molecule is C#CCSCCNCc1ccccn1. The fourth-order valence-electron chi connectivity index (χ4n) is 0.995. The molecule has 0 aliphatic carbocycles. The van der Waals surface area contributed by atoms with Crippen LogP contribution in [0.4, 0.5) is 0 Å². The van der Waals surface area contributed by atoms with E-state index in [1.165, 1.54) is 0 Å². The second-order valence-electron chi connectivity index (χ2n) is 2.75. The minimum atomic E-state index is 0.797. The Morgan fingerprint density at radius 2 is 2.43 bits per heavy atom. The molecule has 14 heavy (non-hydrogen) atoms. The average molecular weight is 206 g/mol. The zero-order valence-corrected chi connectivity index (χ0v) is 8.89. The number of nitrogens with one attached hydrogen (secondary N) is 1. The molecule has 0 fully saturated rings. The van der Waals surface area contributed by atoms with E-state index in [2.05, 4.69) is 16.2 Å². The van der Waals surface area contributed by atoms with Gasteiger partial charge in [-0.05, 0) is 12.1 Å². The van der Waals surface area contributed by atoms with Gasteiger partial charge in [-0.1, -0.05) is 12.0 Å². The molecule has 1 heterocycles. The summed E-state index contributed by atoms with van der Waals surface area (Å²) in [5, 5.41) is 3.31. The smallest absolute Gasteiger partial charge is 0.0545 e. The molecule has 0 aromatic carbocycles. The van der Waals surface area contributed by atoms with Crippen LogP contribution in [-0.4, -0.2) is 23.0 Å². The Kier molecular flexibility index (Phi) is 5.89. The molecule has 0 unspecified atom stereocenters. The van der Waals surface area contributed by atoms with E-state index in [4.69, 9.17) is 6.42 Å². The van der Waals surface area contributed by atoms with E-state index < -0.39 is 0 Å². The average Bonchev–Trinajstić information content (AvgIpc) is 2.25. The zero-order valence-electron chi connectivity index (χ0n) is 8.07. The van der Waals surface area contributed by atoms with Gasteiger partial charge < -0.3 is 5.32 Å². The first-order valence-corrected chi connectivity index (χ1v) is 5.71. The Hall–Kier alpha value is -0.980. The number of nitrogens with zero attached hydrogens (tertiary/aromatic N) is 1. The molecule has 0 aliphatic heterocycles. The van der Waals surface area contributed by atoms with Gasteiger partial charge >= 0.3 is 0 Å². The van der Waals surface area contributed by atoms with Gasteiger partial charge in [-0.25, -0.2) is 0 Å². The number of terminal acetylenes is 1. The number of pyridine rings is 1. The van der Waals surface area contributed by atoms with Crippen LogP contribution in [-0.2, 0) is 6.54 Å². The summed E-state index contributed by atoms with van der Waals surface area (Å²) in [6.07, 6.45) is 6.94. The van der Waals surface area contributed by atoms with Crippen LogP contribution in [0.3, 0.4) is 0 Å². The van der Waals surface area contributed by atoms with Crippen molar-refractivity contribution in [2.24, 2.45) is 0 Å². The molecular formula is C11H14N2S. The van der Waals surface area contributed by atoms with Gasteiger partial charge in [-0.3, -0.25) is 4.98 Å².